The summed E-state index contributed by atoms with van der Waals surface area (Å²) in [6, 6.07) is 4.09. The highest BCUT2D eigenvalue weighted by Crippen LogP contribution is 2.01. The molecular weight excluding hydrogens is 262 g/mol. The van der Waals surface area contributed by atoms with Crippen molar-refractivity contribution in [2.75, 3.05) is 0 Å². The number of aromatic nitrogens is 4. The van der Waals surface area contributed by atoms with Gasteiger partial charge < -0.3 is 5.32 Å². The lowest BCUT2D eigenvalue weighted by Gasteiger charge is -2.05. The van der Waals surface area contributed by atoms with Gasteiger partial charge in [0.05, 0.1) is 11.4 Å². The average Bonchev–Trinajstić information content (AvgIpc) is 2.89. The molecule has 0 aliphatic rings. The number of nitrogens with zero attached hydrogens (tertiary/aromatic N) is 4. The van der Waals surface area contributed by atoms with E-state index in [1.165, 1.54) is 5.69 Å². The topological polar surface area (TPSA) is 47.7 Å². The number of aryl methyl sites for hydroxylation is 1. The summed E-state index contributed by atoms with van der Waals surface area (Å²) in [5.74, 6) is 0.625. The molecular formula is C13H22ClN5. The summed E-state index contributed by atoms with van der Waals surface area (Å²) >= 11 is 0. The zero-order valence-electron chi connectivity index (χ0n) is 11.7. The molecule has 2 aromatic rings. The molecule has 19 heavy (non-hydrogen) atoms. The van der Waals surface area contributed by atoms with Gasteiger partial charge in [0.15, 0.2) is 0 Å². The molecule has 0 bridgehead atoms. The minimum absolute atomic E-state index is 0. The van der Waals surface area contributed by atoms with Gasteiger partial charge in [-0.05, 0) is 18.1 Å². The summed E-state index contributed by atoms with van der Waals surface area (Å²) in [6.45, 7) is 6.97. The molecule has 0 radical (unpaired) electrons. The van der Waals surface area contributed by atoms with Crippen LogP contribution >= 0.6 is 12.4 Å². The molecule has 0 aliphatic carbocycles. The van der Waals surface area contributed by atoms with Crippen molar-refractivity contribution in [1.29, 1.82) is 0 Å². The Labute approximate surface area is 120 Å². The number of hydrogen-bond donors (Lipinski definition) is 1. The molecule has 0 fully saturated rings. The first kappa shape index (κ1) is 15.7. The maximum atomic E-state index is 4.52. The Balaban J connectivity index is 0.00000180. The molecule has 0 saturated carbocycles. The van der Waals surface area contributed by atoms with E-state index >= 15 is 0 Å². The molecule has 2 aromatic heterocycles. The Morgan fingerprint density at radius 3 is 2.68 bits per heavy atom. The molecule has 5 nitrogen and oxygen atoms in total. The predicted molar refractivity (Wildman–Crippen MR) is 78.1 cm³/mol. The normalized spacial score (nSPS) is 10.7. The molecule has 0 saturated heterocycles. The Morgan fingerprint density at radius 1 is 1.26 bits per heavy atom. The van der Waals surface area contributed by atoms with Crippen LogP contribution in [0.25, 0.3) is 0 Å². The van der Waals surface area contributed by atoms with E-state index in [0.29, 0.717) is 5.92 Å². The number of rotatable bonds is 6. The van der Waals surface area contributed by atoms with Crippen molar-refractivity contribution in [1.82, 2.24) is 24.9 Å². The van der Waals surface area contributed by atoms with Crippen molar-refractivity contribution in [2.45, 2.75) is 33.5 Å². The fourth-order valence-electron chi connectivity index (χ4n) is 1.87. The standard InChI is InChI=1S/C13H21N5.ClH/c1-11(2)10-18-7-5-12(16-18)8-14-9-13-4-6-15-17(13)3;/h4-7,11,14H,8-10H2,1-3H3;1H. The van der Waals surface area contributed by atoms with E-state index in [-0.39, 0.29) is 12.4 Å². The van der Waals surface area contributed by atoms with E-state index in [1.54, 1.807) is 0 Å². The Kier molecular flexibility index (Phi) is 6.05. The van der Waals surface area contributed by atoms with Crippen molar-refractivity contribution in [3.8, 4) is 0 Å². The predicted octanol–water partition coefficient (Wildman–Crippen LogP) is 1.98. The summed E-state index contributed by atoms with van der Waals surface area (Å²) in [4.78, 5) is 0. The van der Waals surface area contributed by atoms with Crippen molar-refractivity contribution in [3.05, 3.63) is 35.9 Å². The minimum Gasteiger partial charge on any atom is -0.305 e. The zero-order valence-corrected chi connectivity index (χ0v) is 12.5. The molecule has 2 rings (SSSR count). The second kappa shape index (κ2) is 7.31. The van der Waals surface area contributed by atoms with E-state index in [0.717, 1.165) is 25.3 Å². The van der Waals surface area contributed by atoms with Crippen molar-refractivity contribution < 1.29 is 0 Å². The number of halogens is 1. The van der Waals surface area contributed by atoms with Crippen LogP contribution in [0.1, 0.15) is 25.2 Å². The van der Waals surface area contributed by atoms with Gasteiger partial charge in [-0.3, -0.25) is 9.36 Å². The summed E-state index contributed by atoms with van der Waals surface area (Å²) in [5, 5.41) is 12.0. The van der Waals surface area contributed by atoms with Crippen LogP contribution in [0.3, 0.4) is 0 Å². The van der Waals surface area contributed by atoms with Gasteiger partial charge in [-0.25, -0.2) is 0 Å². The minimum atomic E-state index is 0. The van der Waals surface area contributed by atoms with Crippen LogP contribution < -0.4 is 5.32 Å². The maximum absolute atomic E-state index is 4.52. The molecule has 0 amide bonds. The second-order valence-corrected chi connectivity index (χ2v) is 4.97. The van der Waals surface area contributed by atoms with Crippen LogP contribution in [-0.2, 0) is 26.7 Å². The van der Waals surface area contributed by atoms with Crippen LogP contribution in [-0.4, -0.2) is 19.6 Å². The summed E-state index contributed by atoms with van der Waals surface area (Å²) in [6.07, 6.45) is 3.86. The first-order valence-electron chi connectivity index (χ1n) is 6.35. The third-order valence-corrected chi connectivity index (χ3v) is 2.78. The Morgan fingerprint density at radius 2 is 2.05 bits per heavy atom. The number of hydrogen-bond acceptors (Lipinski definition) is 3. The quantitative estimate of drug-likeness (QED) is 0.882. The van der Waals surface area contributed by atoms with Crippen LogP contribution in [0.15, 0.2) is 24.5 Å². The van der Waals surface area contributed by atoms with Crippen molar-refractivity contribution in [2.24, 2.45) is 13.0 Å². The van der Waals surface area contributed by atoms with Crippen LogP contribution in [0.4, 0.5) is 0 Å². The first-order valence-corrected chi connectivity index (χ1v) is 6.35. The highest BCUT2D eigenvalue weighted by molar-refractivity contribution is 5.85. The maximum Gasteiger partial charge on any atom is 0.0762 e. The van der Waals surface area contributed by atoms with E-state index in [9.17, 15) is 0 Å². The van der Waals surface area contributed by atoms with Crippen molar-refractivity contribution >= 4 is 12.4 Å². The lowest BCUT2D eigenvalue weighted by Crippen LogP contribution is -2.16. The zero-order chi connectivity index (χ0) is 13.0. The Hall–Kier alpha value is -1.33. The highest BCUT2D eigenvalue weighted by atomic mass is 35.5. The molecule has 2 heterocycles. The van der Waals surface area contributed by atoms with Crippen LogP contribution in [0.5, 0.6) is 0 Å². The molecule has 0 spiro atoms. The Bertz CT molecular complexity index is 489. The second-order valence-electron chi connectivity index (χ2n) is 4.97. The van der Waals surface area contributed by atoms with Gasteiger partial charge >= 0.3 is 0 Å². The molecule has 106 valence electrons. The molecule has 0 atom stereocenters. The molecule has 6 heteroatoms. The third-order valence-electron chi connectivity index (χ3n) is 2.78. The van der Waals surface area contributed by atoms with Crippen LogP contribution in [0, 0.1) is 5.92 Å². The van der Waals surface area contributed by atoms with E-state index in [2.05, 4.69) is 35.4 Å². The van der Waals surface area contributed by atoms with Gasteiger partial charge in [-0.15, -0.1) is 12.4 Å². The lowest BCUT2D eigenvalue weighted by atomic mass is 10.2. The van der Waals surface area contributed by atoms with Gasteiger partial charge in [0.2, 0.25) is 0 Å². The van der Waals surface area contributed by atoms with Crippen LogP contribution in [0.2, 0.25) is 0 Å². The summed E-state index contributed by atoms with van der Waals surface area (Å²) < 4.78 is 3.89. The van der Waals surface area contributed by atoms with Gasteiger partial charge in [-0.1, -0.05) is 13.8 Å². The molecule has 1 N–H and O–H groups in total. The molecule has 0 aliphatic heterocycles. The van der Waals surface area contributed by atoms with Gasteiger partial charge in [-0.2, -0.15) is 10.2 Å². The van der Waals surface area contributed by atoms with Crippen molar-refractivity contribution in [3.63, 3.8) is 0 Å². The SMILES string of the molecule is CC(C)Cn1ccc(CNCc2ccnn2C)n1.Cl. The number of nitrogens with one attached hydrogen (secondary N) is 1. The lowest BCUT2D eigenvalue weighted by molar-refractivity contribution is 0.477. The summed E-state index contributed by atoms with van der Waals surface area (Å²) in [5.41, 5.74) is 2.26. The largest absolute Gasteiger partial charge is 0.305 e. The average molecular weight is 284 g/mol. The smallest absolute Gasteiger partial charge is 0.0762 e. The van der Waals surface area contributed by atoms with Gasteiger partial charge in [0, 0.05) is 39.1 Å². The monoisotopic (exact) mass is 283 g/mol. The van der Waals surface area contributed by atoms with Gasteiger partial charge in [0.25, 0.3) is 0 Å². The van der Waals surface area contributed by atoms with E-state index < -0.39 is 0 Å². The third kappa shape index (κ3) is 4.69. The summed E-state index contributed by atoms with van der Waals surface area (Å²) in [7, 11) is 1.95. The fourth-order valence-corrected chi connectivity index (χ4v) is 1.87. The van der Waals surface area contributed by atoms with E-state index in [1.807, 2.05) is 34.9 Å². The van der Waals surface area contributed by atoms with E-state index in [4.69, 9.17) is 0 Å². The fraction of sp³-hybridized carbons (Fsp3) is 0.538. The molecule has 0 unspecified atom stereocenters. The first-order chi connectivity index (χ1) is 8.65. The highest BCUT2D eigenvalue weighted by Gasteiger charge is 2.02. The van der Waals surface area contributed by atoms with Gasteiger partial charge in [0.1, 0.15) is 0 Å². The molecule has 0 aromatic carbocycles.